The summed E-state index contributed by atoms with van der Waals surface area (Å²) in [5, 5.41) is 3.64. The summed E-state index contributed by atoms with van der Waals surface area (Å²) in [6.45, 7) is 2.46. The van der Waals surface area contributed by atoms with Gasteiger partial charge in [-0.1, -0.05) is 17.7 Å². The second-order valence-electron chi connectivity index (χ2n) is 5.41. The lowest BCUT2D eigenvalue weighted by Crippen LogP contribution is -2.34. The fourth-order valence-corrected chi connectivity index (χ4v) is 2.84. The molecule has 1 heterocycles. The molecule has 5 nitrogen and oxygen atoms in total. The van der Waals surface area contributed by atoms with E-state index in [4.69, 9.17) is 16.3 Å². The molecule has 0 spiro atoms. The fraction of sp³-hybridized carbons (Fsp3) is 0.222. The predicted molar refractivity (Wildman–Crippen MR) is 93.6 cm³/mol. The number of imide groups is 1. The van der Waals surface area contributed by atoms with E-state index in [-0.39, 0.29) is 18.2 Å². The predicted octanol–water partition coefficient (Wildman–Crippen LogP) is 3.48. The van der Waals surface area contributed by atoms with Gasteiger partial charge >= 0.3 is 0 Å². The SMILES string of the molecule is CCOc1ccc(N2C(=O)CC(Nc3cccc(Cl)c3)C2=O)cc1. The Morgan fingerprint density at radius 2 is 1.96 bits per heavy atom. The number of rotatable bonds is 5. The molecule has 0 aliphatic carbocycles. The van der Waals surface area contributed by atoms with Gasteiger partial charge in [0.1, 0.15) is 11.8 Å². The number of halogens is 1. The lowest BCUT2D eigenvalue weighted by Gasteiger charge is -2.16. The molecule has 2 aromatic rings. The highest BCUT2D eigenvalue weighted by Crippen LogP contribution is 2.27. The third-order valence-corrected chi connectivity index (χ3v) is 3.95. The molecule has 1 aliphatic heterocycles. The summed E-state index contributed by atoms with van der Waals surface area (Å²) in [6.07, 6.45) is 0.110. The zero-order chi connectivity index (χ0) is 17.1. The van der Waals surface area contributed by atoms with E-state index in [1.807, 2.05) is 13.0 Å². The molecule has 1 unspecified atom stereocenters. The largest absolute Gasteiger partial charge is 0.494 e. The summed E-state index contributed by atoms with van der Waals surface area (Å²) in [6, 6.07) is 13.4. The van der Waals surface area contributed by atoms with Gasteiger partial charge in [-0.3, -0.25) is 9.59 Å². The van der Waals surface area contributed by atoms with E-state index in [0.29, 0.717) is 28.8 Å². The van der Waals surface area contributed by atoms with Crippen LogP contribution in [-0.2, 0) is 9.59 Å². The Kier molecular flexibility index (Phi) is 4.71. The molecule has 1 aliphatic rings. The van der Waals surface area contributed by atoms with Gasteiger partial charge in [-0.2, -0.15) is 0 Å². The van der Waals surface area contributed by atoms with Crippen LogP contribution in [0.5, 0.6) is 5.75 Å². The molecule has 3 rings (SSSR count). The summed E-state index contributed by atoms with van der Waals surface area (Å²) in [5.41, 5.74) is 1.26. The number of carbonyl (C=O) groups excluding carboxylic acids is 2. The average Bonchev–Trinajstić information content (AvgIpc) is 2.83. The number of nitrogens with zero attached hydrogens (tertiary/aromatic N) is 1. The molecule has 1 fully saturated rings. The van der Waals surface area contributed by atoms with Gasteiger partial charge in [-0.25, -0.2) is 4.90 Å². The van der Waals surface area contributed by atoms with E-state index < -0.39 is 6.04 Å². The average molecular weight is 345 g/mol. The first-order valence-corrected chi connectivity index (χ1v) is 8.08. The molecule has 0 radical (unpaired) electrons. The van der Waals surface area contributed by atoms with Gasteiger partial charge in [-0.05, 0) is 49.4 Å². The topological polar surface area (TPSA) is 58.6 Å². The van der Waals surface area contributed by atoms with Gasteiger partial charge in [0.05, 0.1) is 18.7 Å². The highest BCUT2D eigenvalue weighted by atomic mass is 35.5. The third-order valence-electron chi connectivity index (χ3n) is 3.72. The molecule has 0 bridgehead atoms. The molecule has 0 saturated carbocycles. The van der Waals surface area contributed by atoms with Crippen LogP contribution in [-0.4, -0.2) is 24.5 Å². The minimum absolute atomic E-state index is 0.110. The van der Waals surface area contributed by atoms with Crippen molar-refractivity contribution in [2.45, 2.75) is 19.4 Å². The van der Waals surface area contributed by atoms with Gasteiger partial charge in [0, 0.05) is 10.7 Å². The van der Waals surface area contributed by atoms with E-state index >= 15 is 0 Å². The van der Waals surface area contributed by atoms with Crippen LogP contribution in [0.25, 0.3) is 0 Å². The number of hydrogen-bond donors (Lipinski definition) is 1. The first kappa shape index (κ1) is 16.3. The highest BCUT2D eigenvalue weighted by molar-refractivity contribution is 6.30. The molecule has 1 saturated heterocycles. The van der Waals surface area contributed by atoms with Crippen molar-refractivity contribution in [2.24, 2.45) is 0 Å². The number of carbonyl (C=O) groups is 2. The van der Waals surface area contributed by atoms with Crippen molar-refractivity contribution >= 4 is 34.8 Å². The second kappa shape index (κ2) is 6.93. The summed E-state index contributed by atoms with van der Waals surface area (Å²) in [4.78, 5) is 26.1. The zero-order valence-corrected chi connectivity index (χ0v) is 13.9. The number of amides is 2. The Hall–Kier alpha value is -2.53. The zero-order valence-electron chi connectivity index (χ0n) is 13.2. The summed E-state index contributed by atoms with van der Waals surface area (Å²) >= 11 is 5.95. The Morgan fingerprint density at radius 1 is 1.21 bits per heavy atom. The van der Waals surface area contributed by atoms with Crippen LogP contribution in [0.3, 0.4) is 0 Å². The van der Waals surface area contributed by atoms with Crippen molar-refractivity contribution < 1.29 is 14.3 Å². The monoisotopic (exact) mass is 344 g/mol. The van der Waals surface area contributed by atoms with Crippen LogP contribution in [0.1, 0.15) is 13.3 Å². The molecule has 0 aromatic heterocycles. The Bertz CT molecular complexity index is 761. The number of ether oxygens (including phenoxy) is 1. The molecule has 6 heteroatoms. The van der Waals surface area contributed by atoms with Crippen LogP contribution in [0.4, 0.5) is 11.4 Å². The molecule has 1 N–H and O–H groups in total. The maximum atomic E-state index is 12.6. The van der Waals surface area contributed by atoms with E-state index in [0.717, 1.165) is 0 Å². The summed E-state index contributed by atoms with van der Waals surface area (Å²) in [5.74, 6) is 0.196. The van der Waals surface area contributed by atoms with Crippen LogP contribution >= 0.6 is 11.6 Å². The third kappa shape index (κ3) is 3.36. The Labute approximate surface area is 145 Å². The van der Waals surface area contributed by atoms with Crippen LogP contribution in [0.15, 0.2) is 48.5 Å². The van der Waals surface area contributed by atoms with E-state index in [1.165, 1.54) is 4.90 Å². The molecular weight excluding hydrogens is 328 g/mol. The quantitative estimate of drug-likeness (QED) is 0.844. The smallest absolute Gasteiger partial charge is 0.256 e. The normalized spacial score (nSPS) is 17.2. The second-order valence-corrected chi connectivity index (χ2v) is 5.84. The van der Waals surface area contributed by atoms with E-state index in [9.17, 15) is 9.59 Å². The first-order valence-electron chi connectivity index (χ1n) is 7.70. The lowest BCUT2D eigenvalue weighted by molar-refractivity contribution is -0.121. The van der Waals surface area contributed by atoms with E-state index in [1.54, 1.807) is 42.5 Å². The van der Waals surface area contributed by atoms with Gasteiger partial charge in [-0.15, -0.1) is 0 Å². The summed E-state index contributed by atoms with van der Waals surface area (Å²) < 4.78 is 5.38. The fourth-order valence-electron chi connectivity index (χ4n) is 2.65. The van der Waals surface area contributed by atoms with Crippen molar-refractivity contribution in [3.63, 3.8) is 0 Å². The Morgan fingerprint density at radius 3 is 2.62 bits per heavy atom. The molecular formula is C18H17ClN2O3. The summed E-state index contributed by atoms with van der Waals surface area (Å²) in [7, 11) is 0. The van der Waals surface area contributed by atoms with Crippen molar-refractivity contribution in [2.75, 3.05) is 16.8 Å². The van der Waals surface area contributed by atoms with Gasteiger partial charge in [0.2, 0.25) is 5.91 Å². The molecule has 1 atom stereocenters. The van der Waals surface area contributed by atoms with Crippen molar-refractivity contribution in [1.82, 2.24) is 0 Å². The maximum absolute atomic E-state index is 12.6. The standard InChI is InChI=1S/C18H17ClN2O3/c1-2-24-15-8-6-14(7-9-15)21-17(22)11-16(18(21)23)20-13-5-3-4-12(19)10-13/h3-10,16,20H,2,11H2,1H3. The van der Waals surface area contributed by atoms with Crippen molar-refractivity contribution in [1.29, 1.82) is 0 Å². The van der Waals surface area contributed by atoms with Gasteiger partial charge in [0.15, 0.2) is 0 Å². The number of nitrogens with one attached hydrogen (secondary N) is 1. The van der Waals surface area contributed by atoms with Crippen molar-refractivity contribution in [3.8, 4) is 5.75 Å². The Balaban J connectivity index is 1.76. The molecule has 2 aromatic carbocycles. The minimum Gasteiger partial charge on any atom is -0.494 e. The lowest BCUT2D eigenvalue weighted by atomic mass is 10.2. The van der Waals surface area contributed by atoms with Crippen LogP contribution < -0.4 is 15.0 Å². The minimum atomic E-state index is -0.595. The number of benzene rings is 2. The molecule has 124 valence electrons. The maximum Gasteiger partial charge on any atom is 0.256 e. The van der Waals surface area contributed by atoms with E-state index in [2.05, 4.69) is 5.32 Å². The first-order chi connectivity index (χ1) is 11.6. The van der Waals surface area contributed by atoms with Gasteiger partial charge < -0.3 is 10.1 Å². The molecule has 2 amide bonds. The molecule has 24 heavy (non-hydrogen) atoms. The van der Waals surface area contributed by atoms with Crippen LogP contribution in [0, 0.1) is 0 Å². The number of anilines is 2. The highest BCUT2D eigenvalue weighted by Gasteiger charge is 2.39. The van der Waals surface area contributed by atoms with Crippen molar-refractivity contribution in [3.05, 3.63) is 53.6 Å². The van der Waals surface area contributed by atoms with Gasteiger partial charge in [0.25, 0.3) is 5.91 Å². The van der Waals surface area contributed by atoms with Crippen LogP contribution in [0.2, 0.25) is 5.02 Å². The number of hydrogen-bond acceptors (Lipinski definition) is 4.